The number of hydrogen-bond acceptors (Lipinski definition) is 6. The molecule has 10 nitrogen and oxygen atoms in total. The molecule has 2 heterocycles. The standard InChI is InChI=1S/C29H27F4N5O5/c1-14-10-17(35-15(2)29(31,32)33)12-21(30)23(14)25(39)36-22(27(41)42)11-16-7-8-19(24-18(16)6-5-9-34-24)20-13-37(3)28(43)38(4)26(20)40/h5-10,12-13,15,22,35H,11H2,1-4H3,(H,36,39)(H,41,42)/t15-,22+/m1/s1. The van der Waals surface area contributed by atoms with Crippen LogP contribution < -0.4 is 21.9 Å². The number of aliphatic carboxylic acids is 1. The molecule has 2 aromatic carbocycles. The molecule has 0 saturated carbocycles. The molecule has 226 valence electrons. The zero-order valence-electron chi connectivity index (χ0n) is 23.4. The molecule has 0 aliphatic carbocycles. The summed E-state index contributed by atoms with van der Waals surface area (Å²) in [6.45, 7) is 2.18. The number of benzene rings is 2. The number of carbonyl (C=O) groups excluding carboxylic acids is 1. The first kappa shape index (κ1) is 30.9. The van der Waals surface area contributed by atoms with Crippen molar-refractivity contribution in [1.29, 1.82) is 0 Å². The van der Waals surface area contributed by atoms with E-state index >= 15 is 0 Å². The Bertz CT molecular complexity index is 1840. The average Bonchev–Trinajstić information content (AvgIpc) is 2.92. The number of nitrogens with zero attached hydrogens (tertiary/aromatic N) is 3. The fourth-order valence-electron chi connectivity index (χ4n) is 4.72. The summed E-state index contributed by atoms with van der Waals surface area (Å²) in [6.07, 6.45) is -1.96. The van der Waals surface area contributed by atoms with Crippen molar-refractivity contribution in [2.45, 2.75) is 38.5 Å². The largest absolute Gasteiger partial charge is 0.480 e. The van der Waals surface area contributed by atoms with Crippen molar-refractivity contribution >= 4 is 28.5 Å². The van der Waals surface area contributed by atoms with E-state index in [0.29, 0.717) is 22.0 Å². The summed E-state index contributed by atoms with van der Waals surface area (Å²) in [5.41, 5.74) is -0.391. The van der Waals surface area contributed by atoms with Crippen LogP contribution in [0.15, 0.2) is 58.4 Å². The lowest BCUT2D eigenvalue weighted by atomic mass is 9.95. The molecule has 14 heteroatoms. The van der Waals surface area contributed by atoms with E-state index in [9.17, 15) is 41.8 Å². The molecule has 0 fully saturated rings. The minimum Gasteiger partial charge on any atom is -0.480 e. The van der Waals surface area contributed by atoms with Crippen LogP contribution in [0.2, 0.25) is 0 Å². The number of carboxylic acids is 1. The lowest BCUT2D eigenvalue weighted by Gasteiger charge is -2.20. The van der Waals surface area contributed by atoms with Gasteiger partial charge in [0.25, 0.3) is 11.5 Å². The summed E-state index contributed by atoms with van der Waals surface area (Å²) in [5, 5.41) is 14.8. The maximum absolute atomic E-state index is 14.9. The molecule has 0 bridgehead atoms. The van der Waals surface area contributed by atoms with Gasteiger partial charge in [0.1, 0.15) is 17.9 Å². The highest BCUT2D eigenvalue weighted by molar-refractivity contribution is 5.99. The van der Waals surface area contributed by atoms with Gasteiger partial charge in [-0.25, -0.2) is 14.0 Å². The number of carboxylic acid groups (broad SMARTS) is 1. The number of pyridine rings is 1. The molecule has 4 rings (SSSR count). The van der Waals surface area contributed by atoms with Crippen LogP contribution in [0.3, 0.4) is 0 Å². The number of aryl methyl sites for hydroxylation is 2. The van der Waals surface area contributed by atoms with E-state index < -0.39 is 52.8 Å². The first-order chi connectivity index (χ1) is 20.1. The Morgan fingerprint density at radius 3 is 2.42 bits per heavy atom. The fourth-order valence-corrected chi connectivity index (χ4v) is 4.72. The summed E-state index contributed by atoms with van der Waals surface area (Å²) in [6, 6.07) is 4.79. The number of alkyl halides is 3. The molecule has 43 heavy (non-hydrogen) atoms. The average molecular weight is 602 g/mol. The van der Waals surface area contributed by atoms with Crippen LogP contribution >= 0.6 is 0 Å². The lowest BCUT2D eigenvalue weighted by Crippen LogP contribution is -2.43. The Labute approximate surface area is 241 Å². The van der Waals surface area contributed by atoms with Gasteiger partial charge >= 0.3 is 17.8 Å². The Kier molecular flexibility index (Phi) is 8.42. The summed E-state index contributed by atoms with van der Waals surface area (Å²) < 4.78 is 55.8. The van der Waals surface area contributed by atoms with Gasteiger partial charge in [-0.05, 0) is 43.2 Å². The molecule has 2 aromatic heterocycles. The predicted molar refractivity (Wildman–Crippen MR) is 151 cm³/mol. The summed E-state index contributed by atoms with van der Waals surface area (Å²) in [5.74, 6) is -3.61. The van der Waals surface area contributed by atoms with Crippen LogP contribution in [-0.4, -0.2) is 49.4 Å². The van der Waals surface area contributed by atoms with E-state index in [2.05, 4.69) is 15.6 Å². The first-order valence-electron chi connectivity index (χ1n) is 12.9. The van der Waals surface area contributed by atoms with Gasteiger partial charge in [-0.2, -0.15) is 13.2 Å². The van der Waals surface area contributed by atoms with Crippen molar-refractivity contribution in [2.75, 3.05) is 5.32 Å². The predicted octanol–water partition coefficient (Wildman–Crippen LogP) is 3.54. The number of carbonyl (C=O) groups is 2. The van der Waals surface area contributed by atoms with Crippen LogP contribution in [-0.2, 0) is 25.3 Å². The Balaban J connectivity index is 1.66. The monoisotopic (exact) mass is 601 g/mol. The van der Waals surface area contributed by atoms with Crippen molar-refractivity contribution in [3.8, 4) is 11.1 Å². The van der Waals surface area contributed by atoms with Gasteiger partial charge in [-0.1, -0.05) is 18.2 Å². The molecule has 0 spiro atoms. The fraction of sp³-hybridized carbons (Fsp3) is 0.276. The topological polar surface area (TPSA) is 135 Å². The SMILES string of the molecule is Cc1cc(N[C@H](C)C(F)(F)F)cc(F)c1C(=O)N[C@@H](Cc1ccc(-c2cn(C)c(=O)n(C)c2=O)c2ncccc12)C(=O)O. The zero-order chi connectivity index (χ0) is 31.8. The van der Waals surface area contributed by atoms with Crippen molar-refractivity contribution in [3.05, 3.63) is 92.1 Å². The molecular formula is C29H27F4N5O5. The number of anilines is 1. The molecule has 1 amide bonds. The molecule has 0 aliphatic heterocycles. The second-order valence-corrected chi connectivity index (χ2v) is 10.1. The molecule has 0 radical (unpaired) electrons. The molecule has 4 aromatic rings. The smallest absolute Gasteiger partial charge is 0.408 e. The van der Waals surface area contributed by atoms with Gasteiger partial charge < -0.3 is 20.3 Å². The minimum atomic E-state index is -4.58. The van der Waals surface area contributed by atoms with Gasteiger partial charge in [0.2, 0.25) is 0 Å². The Morgan fingerprint density at radius 1 is 1.09 bits per heavy atom. The maximum Gasteiger partial charge on any atom is 0.408 e. The molecular weight excluding hydrogens is 574 g/mol. The molecule has 0 saturated heterocycles. The maximum atomic E-state index is 14.9. The van der Waals surface area contributed by atoms with Crippen molar-refractivity contribution in [1.82, 2.24) is 19.4 Å². The highest BCUT2D eigenvalue weighted by Crippen LogP contribution is 2.29. The van der Waals surface area contributed by atoms with Gasteiger partial charge in [-0.3, -0.25) is 19.1 Å². The van der Waals surface area contributed by atoms with E-state index in [0.717, 1.165) is 23.6 Å². The molecule has 3 N–H and O–H groups in total. The second kappa shape index (κ2) is 11.7. The Hall–Kier alpha value is -5.01. The van der Waals surface area contributed by atoms with Crippen LogP contribution in [0.5, 0.6) is 0 Å². The number of rotatable bonds is 8. The molecule has 0 unspecified atom stereocenters. The summed E-state index contributed by atoms with van der Waals surface area (Å²) >= 11 is 0. The highest BCUT2D eigenvalue weighted by atomic mass is 19.4. The minimum absolute atomic E-state index is 0.00337. The third kappa shape index (κ3) is 6.27. The number of aromatic nitrogens is 3. The van der Waals surface area contributed by atoms with Crippen molar-refractivity contribution in [2.24, 2.45) is 14.1 Å². The normalized spacial score (nSPS) is 13.0. The quantitative estimate of drug-likeness (QED) is 0.263. The third-order valence-electron chi connectivity index (χ3n) is 7.01. The van der Waals surface area contributed by atoms with Crippen LogP contribution in [0.1, 0.15) is 28.4 Å². The van der Waals surface area contributed by atoms with E-state index in [4.69, 9.17) is 0 Å². The van der Waals surface area contributed by atoms with Gasteiger partial charge in [0.15, 0.2) is 0 Å². The zero-order valence-corrected chi connectivity index (χ0v) is 23.4. The number of hydrogen-bond donors (Lipinski definition) is 3. The van der Waals surface area contributed by atoms with Crippen LogP contribution in [0.25, 0.3) is 22.0 Å². The van der Waals surface area contributed by atoms with Gasteiger partial charge in [-0.15, -0.1) is 0 Å². The second-order valence-electron chi connectivity index (χ2n) is 10.1. The van der Waals surface area contributed by atoms with E-state index in [-0.39, 0.29) is 23.2 Å². The first-order valence-corrected chi connectivity index (χ1v) is 12.9. The van der Waals surface area contributed by atoms with Gasteiger partial charge in [0, 0.05) is 49.5 Å². The molecule has 0 aliphatic rings. The number of halogens is 4. The van der Waals surface area contributed by atoms with E-state index in [1.54, 1.807) is 24.3 Å². The third-order valence-corrected chi connectivity index (χ3v) is 7.01. The Morgan fingerprint density at radius 2 is 1.79 bits per heavy atom. The summed E-state index contributed by atoms with van der Waals surface area (Å²) in [7, 11) is 2.84. The highest BCUT2D eigenvalue weighted by Gasteiger charge is 2.36. The van der Waals surface area contributed by atoms with Crippen molar-refractivity contribution in [3.63, 3.8) is 0 Å². The van der Waals surface area contributed by atoms with E-state index in [1.807, 2.05) is 0 Å². The van der Waals surface area contributed by atoms with E-state index in [1.165, 1.54) is 38.0 Å². The number of fused-ring (bicyclic) bond motifs is 1. The lowest BCUT2D eigenvalue weighted by molar-refractivity contribution is -0.139. The van der Waals surface area contributed by atoms with Crippen molar-refractivity contribution < 1.29 is 32.3 Å². The van der Waals surface area contributed by atoms with Crippen LogP contribution in [0, 0.1) is 12.7 Å². The number of amides is 1. The summed E-state index contributed by atoms with van der Waals surface area (Å²) in [4.78, 5) is 54.6. The molecule has 2 atom stereocenters. The van der Waals surface area contributed by atoms with Crippen LogP contribution in [0.4, 0.5) is 23.2 Å². The number of nitrogens with one attached hydrogen (secondary N) is 2. The van der Waals surface area contributed by atoms with Gasteiger partial charge in [0.05, 0.1) is 16.6 Å².